The molecule has 0 bridgehead atoms. The number of hydrogen-bond acceptors (Lipinski definition) is 2. The second-order valence-corrected chi connectivity index (χ2v) is 20.7. The molecule has 4 heterocycles. The lowest BCUT2D eigenvalue weighted by Crippen LogP contribution is -1.93. The molecule has 0 spiro atoms. The zero-order valence-electron chi connectivity index (χ0n) is 39.0. The lowest BCUT2D eigenvalue weighted by molar-refractivity contribution is 1.18. The number of benzene rings is 11. The zero-order chi connectivity index (χ0) is 47.3. The summed E-state index contributed by atoms with van der Waals surface area (Å²) in [4.78, 5) is 2.55. The Bertz CT molecular complexity index is 4410. The van der Waals surface area contributed by atoms with E-state index in [2.05, 4.69) is 263 Å². The van der Waals surface area contributed by atoms with Crippen molar-refractivity contribution in [3.63, 3.8) is 0 Å². The molecule has 0 amide bonds. The van der Waals surface area contributed by atoms with Crippen molar-refractivity contribution < 1.29 is 0 Å². The summed E-state index contributed by atoms with van der Waals surface area (Å²) in [5, 5.41) is 17.5. The van der Waals surface area contributed by atoms with Crippen LogP contribution in [0.1, 0.15) is 0 Å². The Morgan fingerprint density at radius 3 is 1.03 bits per heavy atom. The van der Waals surface area contributed by atoms with Crippen LogP contribution in [0, 0.1) is 0 Å². The van der Waals surface area contributed by atoms with Crippen molar-refractivity contribution in [2.45, 2.75) is 0 Å². The molecule has 15 rings (SSSR count). The Hall–Kier alpha value is -8.80. The number of fused-ring (bicyclic) bond motifs is 12. The molecule has 0 radical (unpaired) electrons. The van der Waals surface area contributed by atoms with Crippen LogP contribution in [0.2, 0.25) is 0 Å². The smallest absolute Gasteiger partial charge is 0.0541 e. The number of aromatic nitrogens is 2. The van der Waals surface area contributed by atoms with Crippen LogP contribution in [0.15, 0.2) is 253 Å². The third kappa shape index (κ3) is 6.54. The van der Waals surface area contributed by atoms with Gasteiger partial charge in [-0.15, -0.1) is 22.7 Å². The van der Waals surface area contributed by atoms with E-state index in [1.807, 2.05) is 22.7 Å². The third-order valence-electron chi connectivity index (χ3n) is 14.8. The second kappa shape index (κ2) is 16.4. The average molecular weight is 951 g/mol. The van der Waals surface area contributed by atoms with E-state index in [1.54, 1.807) is 0 Å². The van der Waals surface area contributed by atoms with Crippen molar-refractivity contribution in [3.05, 3.63) is 253 Å². The van der Waals surface area contributed by atoms with Gasteiger partial charge in [0.15, 0.2) is 0 Å². The van der Waals surface area contributed by atoms with Crippen molar-refractivity contribution in [1.82, 2.24) is 9.13 Å². The lowest BCUT2D eigenvalue weighted by atomic mass is 9.92. The van der Waals surface area contributed by atoms with E-state index in [0.29, 0.717) is 0 Å². The molecule has 0 saturated heterocycles. The summed E-state index contributed by atoms with van der Waals surface area (Å²) in [5.74, 6) is 0. The largest absolute Gasteiger partial charge is 0.309 e. The molecule has 4 aromatic heterocycles. The van der Waals surface area contributed by atoms with Crippen molar-refractivity contribution in [2.75, 3.05) is 0 Å². The Morgan fingerprint density at radius 2 is 0.542 bits per heavy atom. The van der Waals surface area contributed by atoms with Gasteiger partial charge in [0.1, 0.15) is 0 Å². The van der Waals surface area contributed by atoms with E-state index in [4.69, 9.17) is 0 Å². The Morgan fingerprint density at radius 1 is 0.208 bits per heavy atom. The highest BCUT2D eigenvalue weighted by atomic mass is 32.1. The first-order valence-electron chi connectivity index (χ1n) is 24.5. The van der Waals surface area contributed by atoms with E-state index in [1.165, 1.54) is 130 Å². The van der Waals surface area contributed by atoms with E-state index < -0.39 is 0 Å². The Kier molecular flexibility index (Phi) is 9.34. The molecule has 72 heavy (non-hydrogen) atoms. The highest BCUT2D eigenvalue weighted by molar-refractivity contribution is 7.20. The van der Waals surface area contributed by atoms with Crippen molar-refractivity contribution in [3.8, 4) is 65.6 Å². The molecular formula is C68H42N2S2. The van der Waals surface area contributed by atoms with E-state index >= 15 is 0 Å². The first kappa shape index (κ1) is 41.0. The van der Waals surface area contributed by atoms with E-state index in [9.17, 15) is 0 Å². The van der Waals surface area contributed by atoms with Crippen LogP contribution in [0.3, 0.4) is 0 Å². The molecule has 0 aliphatic carbocycles. The van der Waals surface area contributed by atoms with Gasteiger partial charge in [-0.05, 0) is 185 Å². The molecule has 15 aromatic rings. The van der Waals surface area contributed by atoms with Gasteiger partial charge in [-0.3, -0.25) is 0 Å². The number of nitrogens with zero attached hydrogens (tertiary/aromatic N) is 2. The Balaban J connectivity index is 0.864. The van der Waals surface area contributed by atoms with Gasteiger partial charge < -0.3 is 9.13 Å². The molecule has 2 nitrogen and oxygen atoms in total. The van der Waals surface area contributed by atoms with Crippen LogP contribution in [0.5, 0.6) is 0 Å². The molecule has 0 saturated carbocycles. The average Bonchev–Trinajstić information content (AvgIpc) is 4.28. The van der Waals surface area contributed by atoms with Crippen LogP contribution in [-0.2, 0) is 0 Å². The number of rotatable bonds is 7. The molecule has 11 aromatic carbocycles. The first-order valence-corrected chi connectivity index (χ1v) is 26.3. The fourth-order valence-corrected chi connectivity index (χ4v) is 13.4. The predicted octanol–water partition coefficient (Wildman–Crippen LogP) is 19.8. The van der Waals surface area contributed by atoms with Gasteiger partial charge in [-0.1, -0.05) is 146 Å². The van der Waals surface area contributed by atoms with E-state index in [-0.39, 0.29) is 0 Å². The summed E-state index contributed by atoms with van der Waals surface area (Å²) in [7, 11) is 0. The summed E-state index contributed by atoms with van der Waals surface area (Å²) in [5.41, 5.74) is 16.8. The van der Waals surface area contributed by atoms with Crippen molar-refractivity contribution in [2.24, 2.45) is 0 Å². The minimum atomic E-state index is 1.16. The summed E-state index contributed by atoms with van der Waals surface area (Å²) < 4.78 is 4.79. The molecule has 0 aliphatic heterocycles. The SMILES string of the molecule is c1ccc(-n2c3ccccc3c3cc(-c4cc(-c5csc(-c6cc(-c7ccc8c9ccccc9c9ccccc9c8c7)cs6)c5)cc(-c5ccc6c(c5)c5ccccc5n6-c5ccccc5)c4)ccc32)cc1. The quantitative estimate of drug-likeness (QED) is 0.141. The third-order valence-corrected chi connectivity index (χ3v) is 16.9. The standard InChI is InChI=1S/C68H42N2S2/c1-3-15-51(16-4-1)69-63-25-13-11-23-58(63)61-37-43(28-31-65(61)69)46-33-47(44-29-32-66-62(38-44)59-24-12-14-26-64(59)70(66)52-17-5-2-6-18-52)35-48(34-46)50-40-68(72-42-50)67-39-49(41-71-67)45-27-30-57-55-21-8-7-19-53(55)54-20-9-10-22-56(54)60(57)36-45/h1-42H. The Labute approximate surface area is 424 Å². The molecule has 0 fully saturated rings. The first-order chi connectivity index (χ1) is 35.7. The van der Waals surface area contributed by atoms with Gasteiger partial charge in [-0.25, -0.2) is 0 Å². The zero-order valence-corrected chi connectivity index (χ0v) is 40.6. The molecule has 0 atom stereocenters. The highest BCUT2D eigenvalue weighted by Crippen LogP contribution is 2.44. The molecule has 4 heteroatoms. The van der Waals surface area contributed by atoms with Gasteiger partial charge in [-0.2, -0.15) is 0 Å². The number of hydrogen-bond donors (Lipinski definition) is 0. The van der Waals surface area contributed by atoms with Crippen LogP contribution < -0.4 is 0 Å². The highest BCUT2D eigenvalue weighted by Gasteiger charge is 2.18. The van der Waals surface area contributed by atoms with Crippen LogP contribution in [-0.4, -0.2) is 9.13 Å². The van der Waals surface area contributed by atoms with Gasteiger partial charge in [0.05, 0.1) is 22.1 Å². The van der Waals surface area contributed by atoms with E-state index in [0.717, 1.165) is 11.4 Å². The maximum absolute atomic E-state index is 2.40. The van der Waals surface area contributed by atoms with Crippen LogP contribution >= 0.6 is 22.7 Å². The monoisotopic (exact) mass is 950 g/mol. The molecule has 336 valence electrons. The topological polar surface area (TPSA) is 9.86 Å². The summed E-state index contributed by atoms with van der Waals surface area (Å²) in [6.45, 7) is 0. The number of para-hydroxylation sites is 4. The fourth-order valence-electron chi connectivity index (χ4n) is 11.5. The molecule has 0 N–H and O–H groups in total. The molecule has 0 aliphatic rings. The minimum absolute atomic E-state index is 1.16. The van der Waals surface area contributed by atoms with Gasteiger partial charge in [0.25, 0.3) is 0 Å². The van der Waals surface area contributed by atoms with Gasteiger partial charge in [0, 0.05) is 42.7 Å². The van der Waals surface area contributed by atoms with Gasteiger partial charge >= 0.3 is 0 Å². The predicted molar refractivity (Wildman–Crippen MR) is 311 cm³/mol. The van der Waals surface area contributed by atoms with Crippen LogP contribution in [0.4, 0.5) is 0 Å². The maximum atomic E-state index is 2.40. The normalized spacial score (nSPS) is 11.9. The van der Waals surface area contributed by atoms with Crippen molar-refractivity contribution >= 4 is 98.6 Å². The van der Waals surface area contributed by atoms with Crippen molar-refractivity contribution in [1.29, 1.82) is 0 Å². The summed E-state index contributed by atoms with van der Waals surface area (Å²) in [6, 6.07) is 89.7. The van der Waals surface area contributed by atoms with Gasteiger partial charge in [0.2, 0.25) is 0 Å². The summed E-state index contributed by atoms with van der Waals surface area (Å²) in [6.07, 6.45) is 0. The molecule has 0 unspecified atom stereocenters. The second-order valence-electron chi connectivity index (χ2n) is 18.9. The lowest BCUT2D eigenvalue weighted by Gasteiger charge is -2.12. The van der Waals surface area contributed by atoms with Crippen LogP contribution in [0.25, 0.3) is 142 Å². The maximum Gasteiger partial charge on any atom is 0.0541 e. The summed E-state index contributed by atoms with van der Waals surface area (Å²) >= 11 is 3.66. The molecular weight excluding hydrogens is 909 g/mol. The minimum Gasteiger partial charge on any atom is -0.309 e. The fraction of sp³-hybridized carbons (Fsp3) is 0. The number of thiophene rings is 2.